The van der Waals surface area contributed by atoms with Crippen LogP contribution in [0.25, 0.3) is 0 Å². The number of hydrogen-bond acceptors (Lipinski definition) is 2. The van der Waals surface area contributed by atoms with Crippen molar-refractivity contribution in [1.82, 2.24) is 0 Å². The number of unbranched alkanes of at least 4 members (excludes halogenated alkanes) is 26. The second-order valence-electron chi connectivity index (χ2n) is 13.2. The van der Waals surface area contributed by atoms with E-state index in [0.29, 0.717) is 0 Å². The van der Waals surface area contributed by atoms with Gasteiger partial charge in [-0.15, -0.1) is 0 Å². The predicted molar refractivity (Wildman–Crippen MR) is 199 cm³/mol. The summed E-state index contributed by atoms with van der Waals surface area (Å²) in [5.74, 6) is 0. The van der Waals surface area contributed by atoms with Crippen LogP contribution in [0.3, 0.4) is 0 Å². The molecule has 0 amide bonds. The van der Waals surface area contributed by atoms with Gasteiger partial charge in [-0.2, -0.15) is 0 Å². The van der Waals surface area contributed by atoms with Gasteiger partial charge >= 0.3 is 0 Å². The van der Waals surface area contributed by atoms with Gasteiger partial charge in [0.25, 0.3) is 0 Å². The van der Waals surface area contributed by atoms with Crippen LogP contribution >= 0.6 is 17.1 Å². The van der Waals surface area contributed by atoms with Crippen molar-refractivity contribution >= 4 is 28.9 Å². The summed E-state index contributed by atoms with van der Waals surface area (Å²) in [6.07, 6.45) is 40.6. The lowest BCUT2D eigenvalue weighted by molar-refractivity contribution is 0.502. The molecule has 1 aromatic carbocycles. The summed E-state index contributed by atoms with van der Waals surface area (Å²) in [7, 11) is 0. The molecule has 5 heteroatoms. The highest BCUT2D eigenvalue weighted by molar-refractivity contribution is 8.67. The second kappa shape index (κ2) is 29.5. The fourth-order valence-corrected chi connectivity index (χ4v) is 8.96. The van der Waals surface area contributed by atoms with Crippen LogP contribution in [0.2, 0.25) is 0 Å². The molecule has 0 aliphatic rings. The zero-order chi connectivity index (χ0) is 31.3. The topological polar surface area (TPSA) is 40.5 Å². The van der Waals surface area contributed by atoms with Crippen molar-refractivity contribution in [3.05, 3.63) is 29.3 Å². The summed E-state index contributed by atoms with van der Waals surface area (Å²) in [4.78, 5) is 21.1. The van der Waals surface area contributed by atoms with Gasteiger partial charge in [0, 0.05) is 4.90 Å². The molecule has 43 heavy (non-hydrogen) atoms. The zero-order valence-corrected chi connectivity index (χ0v) is 31.1. The molecule has 0 fully saturated rings. The smallest absolute Gasteiger partial charge is 0.246 e. The molecule has 0 aliphatic carbocycles. The first-order valence-corrected chi connectivity index (χ1v) is 23.0. The molecule has 2 N–H and O–H groups in total. The van der Waals surface area contributed by atoms with E-state index >= 15 is 0 Å². The molecular weight excluding hydrogens is 584 g/mol. The summed E-state index contributed by atoms with van der Waals surface area (Å²) in [5.41, 5.74) is -0.763. The van der Waals surface area contributed by atoms with Gasteiger partial charge in [-0.3, -0.25) is 0 Å². The lowest BCUT2D eigenvalue weighted by Gasteiger charge is -2.14. The molecule has 252 valence electrons. The van der Waals surface area contributed by atoms with Crippen molar-refractivity contribution in [3.63, 3.8) is 0 Å². The number of benzene rings is 1. The lowest BCUT2D eigenvalue weighted by atomic mass is 10.00. The summed E-state index contributed by atoms with van der Waals surface area (Å²) in [6.45, 7) is 4.58. The highest BCUT2D eigenvalue weighted by Crippen LogP contribution is 2.56. The molecule has 0 saturated carbocycles. The van der Waals surface area contributed by atoms with Crippen LogP contribution in [0.4, 0.5) is 0 Å². The molecule has 0 saturated heterocycles. The van der Waals surface area contributed by atoms with E-state index in [4.69, 9.17) is 11.8 Å². The predicted octanol–water partition coefficient (Wildman–Crippen LogP) is 14.0. The maximum Gasteiger partial charge on any atom is 0.246 e. The van der Waals surface area contributed by atoms with Gasteiger partial charge in [0.15, 0.2) is 0 Å². The molecule has 0 aromatic heterocycles. The Bertz CT molecular complexity index is 794. The molecule has 1 aromatic rings. The maximum absolute atomic E-state index is 10.0. The Morgan fingerprint density at radius 1 is 0.488 bits per heavy atom. The Kier molecular flexibility index (Phi) is 28.3. The standard InChI is InChI=1S/C38H71O2PS2/c1-3-5-7-9-11-13-15-17-19-21-23-25-27-29-31-36-33-34-37(38(35-36)43-41(39,40)42)32-30-28-26-24-22-20-18-16-14-12-10-8-6-4-2/h33-35H,3-32H2,1-2H3,(H2,39,40,42). The first-order chi connectivity index (χ1) is 21.0. The number of hydrogen-bond donors (Lipinski definition) is 2. The normalized spacial score (nSPS) is 11.9. The summed E-state index contributed by atoms with van der Waals surface area (Å²) >= 11 is 6.13. The first kappa shape index (κ1) is 41.2. The van der Waals surface area contributed by atoms with E-state index in [1.165, 1.54) is 191 Å². The fraction of sp³-hybridized carbons (Fsp3) is 0.842. The number of rotatable bonds is 32. The molecule has 0 heterocycles. The van der Waals surface area contributed by atoms with Crippen molar-refractivity contribution in [1.29, 1.82) is 0 Å². The SMILES string of the molecule is CCCCCCCCCCCCCCCCc1ccc(CCCCCCCCCCCCCCCC)c(SP(O)(O)=S)c1. The second-order valence-corrected chi connectivity index (χ2v) is 19.1. The van der Waals surface area contributed by atoms with E-state index in [0.717, 1.165) is 29.1 Å². The van der Waals surface area contributed by atoms with Crippen molar-refractivity contribution in [2.75, 3.05) is 0 Å². The number of aryl methyl sites for hydroxylation is 2. The maximum atomic E-state index is 10.0. The highest BCUT2D eigenvalue weighted by atomic mass is 32.9. The third kappa shape index (κ3) is 27.0. The van der Waals surface area contributed by atoms with E-state index in [1.54, 1.807) is 0 Å². The van der Waals surface area contributed by atoms with Gasteiger partial charge < -0.3 is 9.79 Å². The highest BCUT2D eigenvalue weighted by Gasteiger charge is 2.14. The van der Waals surface area contributed by atoms with Crippen LogP contribution < -0.4 is 0 Å². The zero-order valence-electron chi connectivity index (χ0n) is 28.6. The van der Waals surface area contributed by atoms with Gasteiger partial charge in [0.1, 0.15) is 0 Å². The minimum absolute atomic E-state index is 1.01. The summed E-state index contributed by atoms with van der Waals surface area (Å²) in [5, 5.41) is 0. The summed E-state index contributed by atoms with van der Waals surface area (Å²) in [6, 6.07) is 6.69. The largest absolute Gasteiger partial charge is 0.337 e. The first-order valence-electron chi connectivity index (χ1n) is 18.8. The Morgan fingerprint density at radius 2 is 0.814 bits per heavy atom. The fourth-order valence-electron chi connectivity index (χ4n) is 6.21. The Balaban J connectivity index is 2.16. The van der Waals surface area contributed by atoms with Crippen molar-refractivity contribution < 1.29 is 9.79 Å². The van der Waals surface area contributed by atoms with E-state index in [1.807, 2.05) is 0 Å². The van der Waals surface area contributed by atoms with Crippen LogP contribution in [0, 0.1) is 0 Å². The Hall–Kier alpha value is 0.140. The van der Waals surface area contributed by atoms with Crippen LogP contribution in [-0.2, 0) is 24.6 Å². The Labute approximate surface area is 278 Å². The van der Waals surface area contributed by atoms with Gasteiger partial charge in [-0.1, -0.05) is 193 Å². The third-order valence-electron chi connectivity index (χ3n) is 8.97. The molecule has 0 unspecified atom stereocenters. The molecule has 0 spiro atoms. The monoisotopic (exact) mass is 654 g/mol. The van der Waals surface area contributed by atoms with E-state index in [-0.39, 0.29) is 0 Å². The van der Waals surface area contributed by atoms with Gasteiger partial charge in [-0.25, -0.2) is 0 Å². The molecule has 1 rings (SSSR count). The van der Waals surface area contributed by atoms with E-state index in [9.17, 15) is 9.79 Å². The summed E-state index contributed by atoms with van der Waals surface area (Å²) < 4.78 is 0. The minimum Gasteiger partial charge on any atom is -0.337 e. The van der Waals surface area contributed by atoms with E-state index < -0.39 is 5.69 Å². The Morgan fingerprint density at radius 3 is 1.16 bits per heavy atom. The molecular formula is C38H71O2PS2. The van der Waals surface area contributed by atoms with Crippen LogP contribution in [0.5, 0.6) is 0 Å². The van der Waals surface area contributed by atoms with Crippen LogP contribution in [0.1, 0.15) is 205 Å². The van der Waals surface area contributed by atoms with Gasteiger partial charge in [0.05, 0.1) is 0 Å². The van der Waals surface area contributed by atoms with Crippen molar-refractivity contribution in [3.8, 4) is 0 Å². The molecule has 0 atom stereocenters. The third-order valence-corrected chi connectivity index (χ3v) is 11.8. The van der Waals surface area contributed by atoms with Crippen molar-refractivity contribution in [2.24, 2.45) is 0 Å². The van der Waals surface area contributed by atoms with Crippen LogP contribution in [0.15, 0.2) is 23.1 Å². The average Bonchev–Trinajstić information content (AvgIpc) is 2.97. The lowest BCUT2D eigenvalue weighted by Crippen LogP contribution is -1.94. The molecule has 2 nitrogen and oxygen atoms in total. The average molecular weight is 655 g/mol. The quantitative estimate of drug-likeness (QED) is 0.0599. The minimum atomic E-state index is -3.32. The van der Waals surface area contributed by atoms with Gasteiger partial charge in [-0.05, 0) is 66.1 Å². The van der Waals surface area contributed by atoms with Gasteiger partial charge in [0.2, 0.25) is 5.69 Å². The molecule has 0 bridgehead atoms. The van der Waals surface area contributed by atoms with Crippen molar-refractivity contribution in [2.45, 2.75) is 211 Å². The molecule has 0 aliphatic heterocycles. The van der Waals surface area contributed by atoms with Crippen LogP contribution in [-0.4, -0.2) is 9.79 Å². The van der Waals surface area contributed by atoms with E-state index in [2.05, 4.69) is 32.0 Å². The molecule has 0 radical (unpaired) electrons.